The van der Waals surface area contributed by atoms with Gasteiger partial charge in [0, 0.05) is 26.7 Å². The fourth-order valence-corrected chi connectivity index (χ4v) is 5.30. The van der Waals surface area contributed by atoms with Crippen LogP contribution in [0.25, 0.3) is 0 Å². The summed E-state index contributed by atoms with van der Waals surface area (Å²) in [4.78, 5) is 30.9. The molecule has 0 unspecified atom stereocenters. The number of anilines is 2. The second-order valence-electron chi connectivity index (χ2n) is 11.6. The predicted octanol–water partition coefficient (Wildman–Crippen LogP) is 6.39. The Balaban J connectivity index is 1.90. The predicted molar refractivity (Wildman–Crippen MR) is 156 cm³/mol. The minimum Gasteiger partial charge on any atom is -0.446 e. The van der Waals surface area contributed by atoms with Crippen LogP contribution in [0.4, 0.5) is 42.8 Å². The summed E-state index contributed by atoms with van der Waals surface area (Å²) in [6.07, 6.45) is -10.4. The van der Waals surface area contributed by atoms with Crippen molar-refractivity contribution in [3.05, 3.63) is 64.2 Å². The summed E-state index contributed by atoms with van der Waals surface area (Å²) in [6, 6.07) is 5.50. The third-order valence-corrected chi connectivity index (χ3v) is 7.52. The van der Waals surface area contributed by atoms with Crippen molar-refractivity contribution in [2.75, 3.05) is 23.9 Å². The van der Waals surface area contributed by atoms with Crippen LogP contribution < -0.4 is 9.80 Å². The third-order valence-electron chi connectivity index (χ3n) is 7.52. The fourth-order valence-electron chi connectivity index (χ4n) is 5.30. The molecule has 3 aromatic rings. The van der Waals surface area contributed by atoms with Crippen molar-refractivity contribution in [1.29, 1.82) is 0 Å². The highest BCUT2D eigenvalue weighted by Gasteiger charge is 2.41. The van der Waals surface area contributed by atoms with Gasteiger partial charge in [-0.3, -0.25) is 9.69 Å². The molecule has 0 bridgehead atoms. The number of tetrazole rings is 1. The van der Waals surface area contributed by atoms with E-state index in [0.29, 0.717) is 29.8 Å². The van der Waals surface area contributed by atoms with Crippen molar-refractivity contribution in [2.45, 2.75) is 84.2 Å². The van der Waals surface area contributed by atoms with Gasteiger partial charge < -0.3 is 14.5 Å². The smallest absolute Gasteiger partial charge is 0.416 e. The highest BCUT2D eigenvalue weighted by Crippen LogP contribution is 2.44. The zero-order valence-corrected chi connectivity index (χ0v) is 26.1. The maximum atomic E-state index is 13.8. The van der Waals surface area contributed by atoms with Crippen LogP contribution in [0.5, 0.6) is 0 Å². The van der Waals surface area contributed by atoms with E-state index in [1.807, 2.05) is 13.8 Å². The molecule has 0 spiro atoms. The molecule has 0 aliphatic carbocycles. The van der Waals surface area contributed by atoms with Crippen molar-refractivity contribution >= 4 is 23.6 Å². The molecule has 10 nitrogen and oxygen atoms in total. The lowest BCUT2D eigenvalue weighted by Crippen LogP contribution is -2.48. The molecule has 4 rings (SSSR count). The van der Waals surface area contributed by atoms with Crippen molar-refractivity contribution < 1.29 is 40.7 Å². The summed E-state index contributed by atoms with van der Waals surface area (Å²) in [6.45, 7) is 6.31. The van der Waals surface area contributed by atoms with Crippen molar-refractivity contribution in [3.63, 3.8) is 0 Å². The first-order valence-electron chi connectivity index (χ1n) is 14.5. The van der Waals surface area contributed by atoms with Gasteiger partial charge in [0.15, 0.2) is 0 Å². The Morgan fingerprint density at radius 1 is 1.02 bits per heavy atom. The van der Waals surface area contributed by atoms with Gasteiger partial charge in [-0.1, -0.05) is 29.7 Å². The summed E-state index contributed by atoms with van der Waals surface area (Å²) in [5, 5.41) is 12.3. The Morgan fingerprint density at radius 2 is 1.65 bits per heavy atom. The SMILES string of the molecule is CC[C@@H]1C[C@H](N(Cc2cc(C(F)(F)F)cc(C(F)(F)F)c2)c2nnn(CC(=O)N(C)C)n2)c2cc(C)ccc2N1C(=O)OC(C)C. The topological polar surface area (TPSA) is 96.7 Å². The first-order valence-corrected chi connectivity index (χ1v) is 14.5. The monoisotopic (exact) mass is 655 g/mol. The maximum Gasteiger partial charge on any atom is 0.416 e. The Labute approximate surface area is 261 Å². The number of amides is 2. The van der Waals surface area contributed by atoms with Crippen LogP contribution in [-0.4, -0.2) is 63.3 Å². The number of halogens is 6. The summed E-state index contributed by atoms with van der Waals surface area (Å²) in [5.74, 6) is -0.491. The molecule has 0 fully saturated rings. The molecule has 2 atom stereocenters. The number of likely N-dealkylation sites (N-methyl/N-ethyl adjacent to an activating group) is 1. The van der Waals surface area contributed by atoms with Crippen LogP contribution in [0, 0.1) is 6.92 Å². The molecule has 250 valence electrons. The fraction of sp³-hybridized carbons (Fsp3) is 0.500. The van der Waals surface area contributed by atoms with Crippen LogP contribution in [-0.2, 0) is 35.0 Å². The summed E-state index contributed by atoms with van der Waals surface area (Å²) in [7, 11) is 3.06. The number of rotatable bonds is 8. The zero-order chi connectivity index (χ0) is 34.1. The van der Waals surface area contributed by atoms with Gasteiger partial charge in [-0.15, -0.1) is 5.10 Å². The van der Waals surface area contributed by atoms with Crippen LogP contribution >= 0.6 is 0 Å². The van der Waals surface area contributed by atoms with Gasteiger partial charge in [-0.25, -0.2) is 4.79 Å². The van der Waals surface area contributed by atoms with Crippen molar-refractivity contribution in [1.82, 2.24) is 25.1 Å². The van der Waals surface area contributed by atoms with E-state index in [-0.39, 0.29) is 36.5 Å². The van der Waals surface area contributed by atoms with E-state index in [4.69, 9.17) is 4.74 Å². The van der Waals surface area contributed by atoms with Gasteiger partial charge >= 0.3 is 18.4 Å². The number of nitrogens with zero attached hydrogens (tertiary/aromatic N) is 7. The first-order chi connectivity index (χ1) is 21.4. The van der Waals surface area contributed by atoms with Gasteiger partial charge in [-0.2, -0.15) is 31.1 Å². The van der Waals surface area contributed by atoms with E-state index >= 15 is 0 Å². The van der Waals surface area contributed by atoms with E-state index in [1.165, 1.54) is 28.8 Å². The van der Waals surface area contributed by atoms with Gasteiger partial charge in [0.05, 0.1) is 29.0 Å². The van der Waals surface area contributed by atoms with Gasteiger partial charge in [0.25, 0.3) is 5.95 Å². The molecule has 1 aromatic heterocycles. The van der Waals surface area contributed by atoms with Gasteiger partial charge in [-0.05, 0) is 74.2 Å². The lowest BCUT2D eigenvalue weighted by molar-refractivity contribution is -0.143. The number of carbonyl (C=O) groups excluding carboxylic acids is 2. The lowest BCUT2D eigenvalue weighted by atomic mass is 9.87. The van der Waals surface area contributed by atoms with E-state index in [1.54, 1.807) is 32.0 Å². The Morgan fingerprint density at radius 3 is 2.20 bits per heavy atom. The molecule has 46 heavy (non-hydrogen) atoms. The number of aromatic nitrogens is 4. The lowest BCUT2D eigenvalue weighted by Gasteiger charge is -2.44. The average molecular weight is 656 g/mol. The second kappa shape index (κ2) is 13.2. The molecule has 0 saturated carbocycles. The minimum absolute atomic E-state index is 0.0693. The molecular formula is C30H35F6N7O3. The molecule has 16 heteroatoms. The highest BCUT2D eigenvalue weighted by atomic mass is 19.4. The number of benzene rings is 2. The standard InChI is InChI=1S/C30H35F6N7O3/c1-7-22-14-25(23-10-18(4)8-9-24(23)43(22)28(45)46-17(2)3)41(27-37-39-42(38-27)16-26(44)40(5)6)15-19-11-20(29(31,32)33)13-21(12-19)30(34,35)36/h8-13,17,22,25H,7,14-16H2,1-6H3/t22-,25+/m1/s1. The van der Waals surface area contributed by atoms with Crippen LogP contribution in [0.2, 0.25) is 0 Å². The summed E-state index contributed by atoms with van der Waals surface area (Å²) in [5.41, 5.74) is -1.39. The number of carbonyl (C=O) groups is 2. The number of alkyl halides is 6. The molecule has 2 aromatic carbocycles. The molecule has 1 aliphatic rings. The maximum absolute atomic E-state index is 13.8. The molecule has 0 N–H and O–H groups in total. The normalized spacial score (nSPS) is 16.8. The Bertz CT molecular complexity index is 1540. The Hall–Kier alpha value is -4.37. The number of hydrogen-bond acceptors (Lipinski definition) is 7. The Kier molecular flexibility index (Phi) is 9.87. The summed E-state index contributed by atoms with van der Waals surface area (Å²) >= 11 is 0. The zero-order valence-electron chi connectivity index (χ0n) is 26.1. The second-order valence-corrected chi connectivity index (χ2v) is 11.6. The number of ether oxygens (including phenoxy) is 1. The van der Waals surface area contributed by atoms with E-state index < -0.39 is 54.3 Å². The number of hydrogen-bond donors (Lipinski definition) is 0. The first kappa shape index (κ1) is 34.5. The molecule has 0 saturated heterocycles. The largest absolute Gasteiger partial charge is 0.446 e. The van der Waals surface area contributed by atoms with Crippen LogP contribution in [0.15, 0.2) is 36.4 Å². The van der Waals surface area contributed by atoms with Gasteiger partial charge in [0.2, 0.25) is 5.91 Å². The van der Waals surface area contributed by atoms with Crippen molar-refractivity contribution in [3.8, 4) is 0 Å². The van der Waals surface area contributed by atoms with Crippen LogP contribution in [0.3, 0.4) is 0 Å². The van der Waals surface area contributed by atoms with Crippen LogP contribution in [0.1, 0.15) is 67.5 Å². The van der Waals surface area contributed by atoms with E-state index in [2.05, 4.69) is 15.4 Å². The molecule has 2 heterocycles. The molecule has 1 aliphatic heterocycles. The minimum atomic E-state index is -5.05. The molecule has 0 radical (unpaired) electrons. The number of fused-ring (bicyclic) bond motifs is 1. The van der Waals surface area contributed by atoms with Gasteiger partial charge in [0.1, 0.15) is 6.54 Å². The molecule has 2 amide bonds. The molecular weight excluding hydrogens is 620 g/mol. The quantitative estimate of drug-likeness (QED) is 0.260. The average Bonchev–Trinajstić information content (AvgIpc) is 3.41. The van der Waals surface area contributed by atoms with E-state index in [9.17, 15) is 35.9 Å². The highest BCUT2D eigenvalue weighted by molar-refractivity contribution is 5.90. The summed E-state index contributed by atoms with van der Waals surface area (Å²) < 4.78 is 88.2. The third kappa shape index (κ3) is 7.70. The van der Waals surface area contributed by atoms with E-state index in [0.717, 1.165) is 10.4 Å². The number of aryl methyl sites for hydroxylation is 1. The van der Waals surface area contributed by atoms with Crippen molar-refractivity contribution in [2.24, 2.45) is 0 Å².